The molecule has 108 valence electrons. The third-order valence-electron chi connectivity index (χ3n) is 2.97. The molecule has 0 amide bonds. The molecule has 0 fully saturated rings. The maximum Gasteiger partial charge on any atom is 0.162 e. The molecule has 0 aliphatic carbocycles. The van der Waals surface area contributed by atoms with Crippen molar-refractivity contribution < 1.29 is 9.47 Å². The zero-order valence-corrected chi connectivity index (χ0v) is 12.2. The Balaban J connectivity index is 1.89. The van der Waals surface area contributed by atoms with Gasteiger partial charge in [0.2, 0.25) is 0 Å². The van der Waals surface area contributed by atoms with Crippen LogP contribution in [-0.2, 0) is 0 Å². The smallest absolute Gasteiger partial charge is 0.162 e. The fourth-order valence-electron chi connectivity index (χ4n) is 2.01. The molecular weight excluding hydrogens is 286 g/mol. The molecule has 0 saturated heterocycles. The molecule has 0 unspecified atom stereocenters. The number of benzene rings is 1. The number of fused-ring (bicyclic) bond motifs is 1. The predicted octanol–water partition coefficient (Wildman–Crippen LogP) is 2.68. The molecule has 0 atom stereocenters. The SMILES string of the molecule is N=C(N)c1ncccc1Sc1ccc2c(c1)OCCCO2. The van der Waals surface area contributed by atoms with E-state index in [2.05, 4.69) is 4.98 Å². The van der Waals surface area contributed by atoms with Gasteiger partial charge in [0, 0.05) is 22.4 Å². The monoisotopic (exact) mass is 301 g/mol. The first kappa shape index (κ1) is 13.8. The summed E-state index contributed by atoms with van der Waals surface area (Å²) in [5.74, 6) is 1.49. The van der Waals surface area contributed by atoms with E-state index in [4.69, 9.17) is 20.6 Å². The Morgan fingerprint density at radius 1 is 1.19 bits per heavy atom. The lowest BCUT2D eigenvalue weighted by Gasteiger charge is -2.10. The summed E-state index contributed by atoms with van der Waals surface area (Å²) >= 11 is 1.50. The van der Waals surface area contributed by atoms with Gasteiger partial charge in [-0.05, 0) is 30.3 Å². The molecule has 0 bridgehead atoms. The molecule has 2 heterocycles. The number of pyridine rings is 1. The molecule has 1 aromatic carbocycles. The summed E-state index contributed by atoms with van der Waals surface area (Å²) in [5, 5.41) is 7.58. The second-order valence-corrected chi connectivity index (χ2v) is 5.64. The molecule has 5 nitrogen and oxygen atoms in total. The van der Waals surface area contributed by atoms with Crippen molar-refractivity contribution in [1.29, 1.82) is 5.41 Å². The number of aromatic nitrogens is 1. The van der Waals surface area contributed by atoms with Gasteiger partial charge in [-0.25, -0.2) is 0 Å². The van der Waals surface area contributed by atoms with Crippen LogP contribution in [0.4, 0.5) is 0 Å². The maximum atomic E-state index is 7.58. The van der Waals surface area contributed by atoms with Gasteiger partial charge in [0.15, 0.2) is 11.5 Å². The number of amidine groups is 1. The summed E-state index contributed by atoms with van der Waals surface area (Å²) in [6.07, 6.45) is 2.52. The van der Waals surface area contributed by atoms with Crippen LogP contribution in [0.2, 0.25) is 0 Å². The van der Waals surface area contributed by atoms with Crippen LogP contribution >= 0.6 is 11.8 Å². The lowest BCUT2D eigenvalue weighted by molar-refractivity contribution is 0.297. The average molecular weight is 301 g/mol. The number of hydrogen-bond donors (Lipinski definition) is 2. The largest absolute Gasteiger partial charge is 0.490 e. The van der Waals surface area contributed by atoms with Crippen LogP contribution < -0.4 is 15.2 Å². The van der Waals surface area contributed by atoms with Gasteiger partial charge in [0.1, 0.15) is 11.5 Å². The van der Waals surface area contributed by atoms with Crippen molar-refractivity contribution in [2.45, 2.75) is 16.2 Å². The van der Waals surface area contributed by atoms with Gasteiger partial charge in [-0.1, -0.05) is 11.8 Å². The normalized spacial score (nSPS) is 13.5. The summed E-state index contributed by atoms with van der Waals surface area (Å²) in [5.41, 5.74) is 6.06. The quantitative estimate of drug-likeness (QED) is 0.673. The van der Waals surface area contributed by atoms with Crippen molar-refractivity contribution in [3.8, 4) is 11.5 Å². The van der Waals surface area contributed by atoms with E-state index < -0.39 is 0 Å². The number of nitrogen functional groups attached to an aromatic ring is 1. The van der Waals surface area contributed by atoms with Crippen molar-refractivity contribution in [1.82, 2.24) is 4.98 Å². The van der Waals surface area contributed by atoms with Crippen LogP contribution in [0.25, 0.3) is 0 Å². The molecule has 21 heavy (non-hydrogen) atoms. The van der Waals surface area contributed by atoms with Gasteiger partial charge in [-0.15, -0.1) is 0 Å². The van der Waals surface area contributed by atoms with Crippen molar-refractivity contribution in [3.63, 3.8) is 0 Å². The average Bonchev–Trinajstić information content (AvgIpc) is 2.72. The number of nitrogens with two attached hydrogens (primary N) is 1. The van der Waals surface area contributed by atoms with Crippen molar-refractivity contribution in [2.24, 2.45) is 5.73 Å². The van der Waals surface area contributed by atoms with Crippen LogP contribution in [0, 0.1) is 5.41 Å². The molecule has 0 radical (unpaired) electrons. The van der Waals surface area contributed by atoms with E-state index >= 15 is 0 Å². The minimum absolute atomic E-state index is 0.0348. The van der Waals surface area contributed by atoms with Crippen LogP contribution in [0.15, 0.2) is 46.3 Å². The Morgan fingerprint density at radius 2 is 2.00 bits per heavy atom. The fourth-order valence-corrected chi connectivity index (χ4v) is 2.97. The Labute approximate surface area is 127 Å². The third kappa shape index (κ3) is 3.11. The number of ether oxygens (including phenoxy) is 2. The molecule has 0 saturated carbocycles. The Morgan fingerprint density at radius 3 is 2.81 bits per heavy atom. The first-order valence-electron chi connectivity index (χ1n) is 6.61. The molecule has 0 spiro atoms. The highest BCUT2D eigenvalue weighted by Gasteiger charge is 2.13. The summed E-state index contributed by atoms with van der Waals surface area (Å²) in [7, 11) is 0. The number of hydrogen-bond acceptors (Lipinski definition) is 5. The summed E-state index contributed by atoms with van der Waals surface area (Å²) in [6.45, 7) is 1.34. The minimum Gasteiger partial charge on any atom is -0.490 e. The number of nitrogens with one attached hydrogen (secondary N) is 1. The fraction of sp³-hybridized carbons (Fsp3) is 0.200. The molecule has 2 aromatic rings. The van der Waals surface area contributed by atoms with Gasteiger partial charge < -0.3 is 15.2 Å². The van der Waals surface area contributed by atoms with Crippen LogP contribution in [0.3, 0.4) is 0 Å². The molecule has 1 aliphatic rings. The third-order valence-corrected chi connectivity index (χ3v) is 4.01. The van der Waals surface area contributed by atoms with Gasteiger partial charge in [0.25, 0.3) is 0 Å². The first-order valence-corrected chi connectivity index (χ1v) is 7.42. The van der Waals surface area contributed by atoms with E-state index in [0.29, 0.717) is 18.9 Å². The summed E-state index contributed by atoms with van der Waals surface area (Å²) in [6, 6.07) is 9.55. The molecule has 6 heteroatoms. The standard InChI is InChI=1S/C15H15N3O2S/c16-15(17)14-13(3-1-6-18-14)21-10-4-5-11-12(9-10)20-8-2-7-19-11/h1,3-6,9H,2,7-8H2,(H3,16,17). The number of nitrogens with zero attached hydrogens (tertiary/aromatic N) is 1. The van der Waals surface area contributed by atoms with Crippen molar-refractivity contribution >= 4 is 17.6 Å². The first-order chi connectivity index (χ1) is 10.2. The second-order valence-electron chi connectivity index (χ2n) is 4.52. The van der Waals surface area contributed by atoms with E-state index in [0.717, 1.165) is 27.7 Å². The van der Waals surface area contributed by atoms with Crippen LogP contribution in [0.5, 0.6) is 11.5 Å². The molecule has 1 aliphatic heterocycles. The van der Waals surface area contributed by atoms with Gasteiger partial charge in [-0.3, -0.25) is 10.4 Å². The lowest BCUT2D eigenvalue weighted by Crippen LogP contribution is -2.14. The van der Waals surface area contributed by atoms with E-state index in [1.54, 1.807) is 6.20 Å². The summed E-state index contributed by atoms with van der Waals surface area (Å²) in [4.78, 5) is 5.99. The van der Waals surface area contributed by atoms with Crippen LogP contribution in [0.1, 0.15) is 12.1 Å². The molecule has 3 rings (SSSR count). The van der Waals surface area contributed by atoms with E-state index in [9.17, 15) is 0 Å². The Kier molecular flexibility index (Phi) is 3.96. The van der Waals surface area contributed by atoms with Crippen molar-refractivity contribution in [3.05, 3.63) is 42.2 Å². The van der Waals surface area contributed by atoms with Crippen molar-refractivity contribution in [2.75, 3.05) is 13.2 Å². The molecule has 1 aromatic heterocycles. The zero-order valence-electron chi connectivity index (χ0n) is 11.3. The topological polar surface area (TPSA) is 81.2 Å². The van der Waals surface area contributed by atoms with Gasteiger partial charge in [-0.2, -0.15) is 0 Å². The van der Waals surface area contributed by atoms with Crippen LogP contribution in [-0.4, -0.2) is 24.0 Å². The maximum absolute atomic E-state index is 7.58. The van der Waals surface area contributed by atoms with E-state index in [1.807, 2.05) is 30.3 Å². The highest BCUT2D eigenvalue weighted by Crippen LogP contribution is 2.37. The van der Waals surface area contributed by atoms with Gasteiger partial charge in [0.05, 0.1) is 13.2 Å². The molecule has 3 N–H and O–H groups in total. The zero-order chi connectivity index (χ0) is 14.7. The van der Waals surface area contributed by atoms with E-state index in [1.165, 1.54) is 11.8 Å². The highest BCUT2D eigenvalue weighted by atomic mass is 32.2. The minimum atomic E-state index is -0.0348. The Hall–Kier alpha value is -2.21. The lowest BCUT2D eigenvalue weighted by atomic mass is 10.3. The second kappa shape index (κ2) is 6.05. The molecular formula is C15H15N3O2S. The van der Waals surface area contributed by atoms with Gasteiger partial charge >= 0.3 is 0 Å². The summed E-state index contributed by atoms with van der Waals surface area (Å²) < 4.78 is 11.3. The Bertz CT molecular complexity index is 676. The van der Waals surface area contributed by atoms with E-state index in [-0.39, 0.29) is 5.84 Å². The predicted molar refractivity (Wildman–Crippen MR) is 81.4 cm³/mol. The number of rotatable bonds is 3. The highest BCUT2D eigenvalue weighted by molar-refractivity contribution is 7.99.